The Kier molecular flexibility index (Phi) is 5.67. The summed E-state index contributed by atoms with van der Waals surface area (Å²) in [6.07, 6.45) is 0.478. The van der Waals surface area contributed by atoms with Gasteiger partial charge in [-0.2, -0.15) is 0 Å². The predicted molar refractivity (Wildman–Crippen MR) is 102 cm³/mol. The average Bonchev–Trinajstić information content (AvgIpc) is 2.60. The van der Waals surface area contributed by atoms with Gasteiger partial charge in [0.15, 0.2) is 0 Å². The molecule has 0 saturated carbocycles. The van der Waals surface area contributed by atoms with E-state index >= 15 is 0 Å². The number of aliphatic hydroxyl groups excluding tert-OH is 1. The predicted octanol–water partition coefficient (Wildman–Crippen LogP) is 2.47. The Labute approximate surface area is 163 Å². The highest BCUT2D eigenvalue weighted by atomic mass is 79.9. The van der Waals surface area contributed by atoms with E-state index in [2.05, 4.69) is 21.2 Å². The Balaban J connectivity index is 2.06. The van der Waals surface area contributed by atoms with Crippen LogP contribution in [0.1, 0.15) is 15.9 Å². The maximum atomic E-state index is 12.9. The molecule has 1 aromatic carbocycles. The number of anilines is 2. The molecule has 7 nitrogen and oxygen atoms in total. The van der Waals surface area contributed by atoms with Crippen LogP contribution in [0.2, 0.25) is 5.02 Å². The maximum absolute atomic E-state index is 12.9. The lowest BCUT2D eigenvalue weighted by atomic mass is 10.0. The molecular weight excluding hydrogens is 426 g/mol. The zero-order chi connectivity index (χ0) is 18.8. The van der Waals surface area contributed by atoms with Gasteiger partial charge in [-0.05, 0) is 30.2 Å². The molecule has 2 heterocycles. The number of hydrogen-bond acceptors (Lipinski definition) is 5. The highest BCUT2D eigenvalue weighted by Crippen LogP contribution is 2.32. The summed E-state index contributed by atoms with van der Waals surface area (Å²) in [4.78, 5) is 30.5. The summed E-state index contributed by atoms with van der Waals surface area (Å²) in [5.74, 6) is -0.0231. The first-order chi connectivity index (χ1) is 12.4. The van der Waals surface area contributed by atoms with Crippen LogP contribution in [-0.4, -0.2) is 40.4 Å². The average molecular weight is 443 g/mol. The molecule has 0 bridgehead atoms. The van der Waals surface area contributed by atoms with Crippen molar-refractivity contribution in [2.75, 3.05) is 25.1 Å². The van der Waals surface area contributed by atoms with Gasteiger partial charge in [0.2, 0.25) is 0 Å². The van der Waals surface area contributed by atoms with E-state index in [9.17, 15) is 9.59 Å². The fraction of sp³-hybridized carbons (Fsp3) is 0.294. The summed E-state index contributed by atoms with van der Waals surface area (Å²) >= 11 is 9.60. The normalized spacial score (nSPS) is 13.7. The smallest absolute Gasteiger partial charge is 0.281 e. The van der Waals surface area contributed by atoms with Gasteiger partial charge in [0.05, 0.1) is 36.0 Å². The number of carbonyl (C=O) groups is 1. The molecule has 2 N–H and O–H groups in total. The summed E-state index contributed by atoms with van der Waals surface area (Å²) in [7, 11) is 1.58. The monoisotopic (exact) mass is 441 g/mol. The first-order valence-corrected chi connectivity index (χ1v) is 9.10. The molecule has 9 heteroatoms. The van der Waals surface area contributed by atoms with Crippen LogP contribution in [0.4, 0.5) is 11.5 Å². The minimum atomic E-state index is -0.369. The molecule has 2 aromatic rings. The lowest BCUT2D eigenvalue weighted by Crippen LogP contribution is -2.40. The zero-order valence-electron chi connectivity index (χ0n) is 14.0. The first-order valence-electron chi connectivity index (χ1n) is 7.93. The Morgan fingerprint density at radius 3 is 2.81 bits per heavy atom. The van der Waals surface area contributed by atoms with E-state index in [1.807, 2.05) is 0 Å². The van der Waals surface area contributed by atoms with Crippen molar-refractivity contribution in [3.05, 3.63) is 55.2 Å². The third-order valence-corrected chi connectivity index (χ3v) is 4.87. The highest BCUT2D eigenvalue weighted by molar-refractivity contribution is 9.10. The van der Waals surface area contributed by atoms with Gasteiger partial charge in [-0.15, -0.1) is 0 Å². The van der Waals surface area contributed by atoms with Crippen molar-refractivity contribution in [1.29, 1.82) is 0 Å². The number of amides is 1. The number of rotatable bonds is 5. The molecule has 0 spiro atoms. The van der Waals surface area contributed by atoms with Crippen molar-refractivity contribution < 1.29 is 14.7 Å². The van der Waals surface area contributed by atoms with Crippen LogP contribution in [0.5, 0.6) is 0 Å². The van der Waals surface area contributed by atoms with E-state index < -0.39 is 0 Å². The minimum Gasteiger partial charge on any atom is -0.394 e. The molecule has 26 heavy (non-hydrogen) atoms. The van der Waals surface area contributed by atoms with Crippen molar-refractivity contribution in [1.82, 2.24) is 9.63 Å². The van der Waals surface area contributed by atoms with Gasteiger partial charge in [-0.3, -0.25) is 19.0 Å². The van der Waals surface area contributed by atoms with Crippen LogP contribution in [0, 0.1) is 0 Å². The Morgan fingerprint density at radius 2 is 2.12 bits per heavy atom. The number of fused-ring (bicyclic) bond motifs is 1. The van der Waals surface area contributed by atoms with Crippen molar-refractivity contribution in [3.8, 4) is 0 Å². The van der Waals surface area contributed by atoms with E-state index in [0.29, 0.717) is 40.6 Å². The molecule has 1 aliphatic rings. The summed E-state index contributed by atoms with van der Waals surface area (Å²) in [6, 6.07) is 6.74. The number of carbonyl (C=O) groups excluding carboxylic acids is 1. The van der Waals surface area contributed by atoms with E-state index in [0.717, 1.165) is 4.47 Å². The van der Waals surface area contributed by atoms with E-state index in [4.69, 9.17) is 21.5 Å². The standard InChI is InChI=1S/C17H17BrClN3O4/c1-21-14(24)8-10-4-5-22(26-7-6-23)17(25)15(10)16(21)20-13-3-2-11(18)9-12(13)19/h2-3,8-9,20,23H,4-7H2,1H3. The quantitative estimate of drug-likeness (QED) is 0.743. The van der Waals surface area contributed by atoms with Crippen LogP contribution in [0.3, 0.4) is 0 Å². The fourth-order valence-electron chi connectivity index (χ4n) is 2.77. The van der Waals surface area contributed by atoms with Crippen molar-refractivity contribution in [2.45, 2.75) is 6.42 Å². The molecule has 0 radical (unpaired) electrons. The van der Waals surface area contributed by atoms with Gasteiger partial charge in [0.1, 0.15) is 5.82 Å². The van der Waals surface area contributed by atoms with Crippen molar-refractivity contribution >= 4 is 44.9 Å². The Morgan fingerprint density at radius 1 is 1.35 bits per heavy atom. The second-order valence-electron chi connectivity index (χ2n) is 5.75. The number of hydrogen-bond donors (Lipinski definition) is 2. The summed E-state index contributed by atoms with van der Waals surface area (Å²) in [6.45, 7) is 0.148. The van der Waals surface area contributed by atoms with E-state index in [-0.39, 0.29) is 24.7 Å². The lowest BCUT2D eigenvalue weighted by molar-refractivity contribution is -0.132. The van der Waals surface area contributed by atoms with Gasteiger partial charge in [0, 0.05) is 17.6 Å². The van der Waals surface area contributed by atoms with Crippen molar-refractivity contribution in [3.63, 3.8) is 0 Å². The Bertz CT molecular complexity index is 916. The molecule has 1 amide bonds. The van der Waals surface area contributed by atoms with Gasteiger partial charge in [0.25, 0.3) is 11.5 Å². The van der Waals surface area contributed by atoms with Crippen LogP contribution in [0.25, 0.3) is 0 Å². The minimum absolute atomic E-state index is 0.0220. The summed E-state index contributed by atoms with van der Waals surface area (Å²) in [5, 5.41) is 13.7. The summed E-state index contributed by atoms with van der Waals surface area (Å²) in [5.41, 5.74) is 1.35. The molecule has 0 fully saturated rings. The SMILES string of the molecule is Cn1c(Nc2ccc(Br)cc2Cl)c2c(cc1=O)CCN(OCCO)C2=O. The third-order valence-electron chi connectivity index (χ3n) is 4.07. The molecule has 0 saturated heterocycles. The number of hydroxylamine groups is 2. The molecule has 0 aliphatic carbocycles. The zero-order valence-corrected chi connectivity index (χ0v) is 16.3. The Hall–Kier alpha value is -1.87. The van der Waals surface area contributed by atoms with E-state index in [1.54, 1.807) is 25.2 Å². The van der Waals surface area contributed by atoms with Crippen molar-refractivity contribution in [2.24, 2.45) is 7.05 Å². The van der Waals surface area contributed by atoms with Gasteiger partial charge >= 0.3 is 0 Å². The lowest BCUT2D eigenvalue weighted by Gasteiger charge is -2.29. The molecule has 1 aliphatic heterocycles. The molecule has 1 aromatic heterocycles. The molecule has 0 atom stereocenters. The third kappa shape index (κ3) is 3.64. The fourth-order valence-corrected chi connectivity index (χ4v) is 3.49. The number of aromatic nitrogens is 1. The highest BCUT2D eigenvalue weighted by Gasteiger charge is 2.30. The molecular formula is C17H17BrClN3O4. The van der Waals surface area contributed by atoms with Crippen LogP contribution in [-0.2, 0) is 18.3 Å². The van der Waals surface area contributed by atoms with Crippen LogP contribution in [0.15, 0.2) is 33.5 Å². The topological polar surface area (TPSA) is 83.8 Å². The number of nitrogens with one attached hydrogen (secondary N) is 1. The maximum Gasteiger partial charge on any atom is 0.281 e. The van der Waals surface area contributed by atoms with Crippen LogP contribution >= 0.6 is 27.5 Å². The van der Waals surface area contributed by atoms with Gasteiger partial charge < -0.3 is 10.4 Å². The largest absolute Gasteiger partial charge is 0.394 e. The van der Waals surface area contributed by atoms with E-state index in [1.165, 1.54) is 15.7 Å². The summed E-state index contributed by atoms with van der Waals surface area (Å²) < 4.78 is 2.18. The van der Waals surface area contributed by atoms with Crippen LogP contribution < -0.4 is 10.9 Å². The first kappa shape index (κ1) is 18.9. The van der Waals surface area contributed by atoms with Gasteiger partial charge in [-0.25, -0.2) is 5.06 Å². The second-order valence-corrected chi connectivity index (χ2v) is 7.08. The number of nitrogens with zero attached hydrogens (tertiary/aromatic N) is 2. The molecule has 138 valence electrons. The number of halogens is 2. The van der Waals surface area contributed by atoms with Gasteiger partial charge in [-0.1, -0.05) is 27.5 Å². The number of aliphatic hydroxyl groups is 1. The second kappa shape index (κ2) is 7.79. The number of benzene rings is 1. The molecule has 3 rings (SSSR count). The molecule has 0 unspecified atom stereocenters. The number of pyridine rings is 1.